The van der Waals surface area contributed by atoms with E-state index in [1.165, 1.54) is 4.90 Å². The molecule has 0 saturated carbocycles. The Bertz CT molecular complexity index is 285. The minimum Gasteiger partial charge on any atom is -0.481 e. The highest BCUT2D eigenvalue weighted by Crippen LogP contribution is 2.17. The van der Waals surface area contributed by atoms with Gasteiger partial charge in [-0.15, -0.1) is 0 Å². The normalized spacial score (nSPS) is 24.3. The maximum Gasteiger partial charge on any atom is 0.314 e. The van der Waals surface area contributed by atoms with Gasteiger partial charge in [0.15, 0.2) is 0 Å². The maximum atomic E-state index is 11.2. The molecule has 0 spiro atoms. The summed E-state index contributed by atoms with van der Waals surface area (Å²) in [7, 11) is 0. The van der Waals surface area contributed by atoms with Crippen molar-refractivity contribution in [3.63, 3.8) is 0 Å². The van der Waals surface area contributed by atoms with Crippen molar-refractivity contribution >= 4 is 12.0 Å². The number of carboxylic acid groups (broad SMARTS) is 1. The van der Waals surface area contributed by atoms with E-state index in [1.807, 2.05) is 0 Å². The van der Waals surface area contributed by atoms with Gasteiger partial charge in [0, 0.05) is 19.1 Å². The van der Waals surface area contributed by atoms with Crippen LogP contribution in [0.25, 0.3) is 0 Å². The Kier molecular flexibility index (Phi) is 5.40. The number of carboxylic acids is 1. The van der Waals surface area contributed by atoms with E-state index in [-0.39, 0.29) is 12.6 Å². The number of rotatable bonds is 5. The number of aliphatic carboxylic acids is 1. The molecule has 2 amide bonds. The van der Waals surface area contributed by atoms with Gasteiger partial charge in [0.25, 0.3) is 0 Å². The summed E-state index contributed by atoms with van der Waals surface area (Å²) in [6.45, 7) is 5.82. The molecule has 0 radical (unpaired) electrons. The maximum absolute atomic E-state index is 11.2. The summed E-state index contributed by atoms with van der Waals surface area (Å²) < 4.78 is 0. The summed E-state index contributed by atoms with van der Waals surface area (Å²) in [4.78, 5) is 23.6. The highest BCUT2D eigenvalue weighted by Gasteiger charge is 2.32. The summed E-state index contributed by atoms with van der Waals surface area (Å²) in [5, 5.41) is 12.4. The fourth-order valence-electron chi connectivity index (χ4n) is 2.18. The van der Waals surface area contributed by atoms with Crippen LogP contribution in [-0.4, -0.2) is 47.7 Å². The van der Waals surface area contributed by atoms with Crippen LogP contribution in [0.2, 0.25) is 0 Å². The quantitative estimate of drug-likeness (QED) is 0.667. The van der Waals surface area contributed by atoms with Crippen LogP contribution in [0.3, 0.4) is 0 Å². The van der Waals surface area contributed by atoms with E-state index >= 15 is 0 Å². The Balaban J connectivity index is 2.50. The first-order valence-corrected chi connectivity index (χ1v) is 6.40. The van der Waals surface area contributed by atoms with Gasteiger partial charge in [0.05, 0.1) is 5.92 Å². The molecule has 0 aromatic rings. The monoisotopic (exact) mass is 257 g/mol. The molecule has 6 nitrogen and oxygen atoms in total. The van der Waals surface area contributed by atoms with Crippen LogP contribution in [-0.2, 0) is 4.79 Å². The molecule has 1 aliphatic heterocycles. The smallest absolute Gasteiger partial charge is 0.314 e. The Labute approximate surface area is 108 Å². The number of carbonyl (C=O) groups excluding carboxylic acids is 1. The van der Waals surface area contributed by atoms with Gasteiger partial charge in [0.2, 0.25) is 0 Å². The van der Waals surface area contributed by atoms with Gasteiger partial charge in [-0.25, -0.2) is 4.79 Å². The van der Waals surface area contributed by atoms with Crippen molar-refractivity contribution in [1.29, 1.82) is 0 Å². The largest absolute Gasteiger partial charge is 0.481 e. The van der Waals surface area contributed by atoms with Gasteiger partial charge in [0.1, 0.15) is 0 Å². The first-order valence-electron chi connectivity index (χ1n) is 6.40. The molecular formula is C12H23N3O3. The molecule has 2 atom stereocenters. The SMILES string of the molecule is CC(C)CCNC1CC(C(=O)O)CN(C(N)=O)C1. The molecule has 6 heteroatoms. The van der Waals surface area contributed by atoms with Crippen molar-refractivity contribution in [2.75, 3.05) is 19.6 Å². The molecule has 1 fully saturated rings. The van der Waals surface area contributed by atoms with Crippen LogP contribution in [0.5, 0.6) is 0 Å². The lowest BCUT2D eigenvalue weighted by atomic mass is 9.94. The number of hydrogen-bond acceptors (Lipinski definition) is 3. The van der Waals surface area contributed by atoms with Gasteiger partial charge in [-0.05, 0) is 25.3 Å². The highest BCUT2D eigenvalue weighted by atomic mass is 16.4. The van der Waals surface area contributed by atoms with E-state index in [2.05, 4.69) is 19.2 Å². The molecule has 0 aromatic heterocycles. The highest BCUT2D eigenvalue weighted by molar-refractivity contribution is 5.75. The number of likely N-dealkylation sites (tertiary alicyclic amines) is 1. The summed E-state index contributed by atoms with van der Waals surface area (Å²) in [5.74, 6) is -0.789. The second kappa shape index (κ2) is 6.58. The number of primary amides is 1. The van der Waals surface area contributed by atoms with Gasteiger partial charge < -0.3 is 21.1 Å². The van der Waals surface area contributed by atoms with Crippen molar-refractivity contribution < 1.29 is 14.7 Å². The second-order valence-electron chi connectivity index (χ2n) is 5.35. The fraction of sp³-hybridized carbons (Fsp3) is 0.833. The van der Waals surface area contributed by atoms with E-state index in [0.29, 0.717) is 18.9 Å². The number of nitrogens with one attached hydrogen (secondary N) is 1. The molecule has 104 valence electrons. The summed E-state index contributed by atoms with van der Waals surface area (Å²) in [6, 6.07) is -0.525. The van der Waals surface area contributed by atoms with E-state index in [4.69, 9.17) is 10.8 Å². The van der Waals surface area contributed by atoms with Gasteiger partial charge in [-0.3, -0.25) is 4.79 Å². The molecule has 0 aromatic carbocycles. The Morgan fingerprint density at radius 2 is 2.11 bits per heavy atom. The van der Waals surface area contributed by atoms with Crippen molar-refractivity contribution in [2.24, 2.45) is 17.6 Å². The van der Waals surface area contributed by atoms with Crippen LogP contribution in [0.1, 0.15) is 26.7 Å². The third-order valence-electron chi connectivity index (χ3n) is 3.27. The molecule has 0 bridgehead atoms. The number of nitrogens with zero attached hydrogens (tertiary/aromatic N) is 1. The number of amides is 2. The predicted octanol–water partition coefficient (Wildman–Crippen LogP) is 0.476. The van der Waals surface area contributed by atoms with Gasteiger partial charge in [-0.1, -0.05) is 13.8 Å². The third kappa shape index (κ3) is 4.52. The average Bonchev–Trinajstić information content (AvgIpc) is 2.28. The molecule has 0 aliphatic carbocycles. The van der Waals surface area contributed by atoms with Crippen LogP contribution >= 0.6 is 0 Å². The fourth-order valence-corrected chi connectivity index (χ4v) is 2.18. The standard InChI is InChI=1S/C12H23N3O3/c1-8(2)3-4-14-10-5-9(11(16)17)6-15(7-10)12(13)18/h8-10,14H,3-7H2,1-2H3,(H2,13,18)(H,16,17). The molecule has 1 heterocycles. The molecule has 18 heavy (non-hydrogen) atoms. The molecule has 1 aliphatic rings. The average molecular weight is 257 g/mol. The van der Waals surface area contributed by atoms with Crippen molar-refractivity contribution in [3.8, 4) is 0 Å². The molecule has 1 saturated heterocycles. The first kappa shape index (κ1) is 14.8. The minimum absolute atomic E-state index is 0.0195. The number of piperidine rings is 1. The second-order valence-corrected chi connectivity index (χ2v) is 5.35. The molecule has 2 unspecified atom stereocenters. The molecular weight excluding hydrogens is 234 g/mol. The zero-order valence-electron chi connectivity index (χ0n) is 11.1. The van der Waals surface area contributed by atoms with E-state index in [1.54, 1.807) is 0 Å². The zero-order valence-corrected chi connectivity index (χ0v) is 11.1. The Hall–Kier alpha value is -1.30. The Morgan fingerprint density at radius 3 is 2.61 bits per heavy atom. The van der Waals surface area contributed by atoms with Crippen LogP contribution in [0, 0.1) is 11.8 Å². The lowest BCUT2D eigenvalue weighted by Crippen LogP contribution is -2.54. The number of nitrogens with two attached hydrogens (primary N) is 1. The number of hydrogen-bond donors (Lipinski definition) is 3. The summed E-state index contributed by atoms with van der Waals surface area (Å²) >= 11 is 0. The lowest BCUT2D eigenvalue weighted by Gasteiger charge is -2.35. The first-order chi connectivity index (χ1) is 8.40. The summed E-state index contributed by atoms with van der Waals surface area (Å²) in [6.07, 6.45) is 1.59. The molecule has 4 N–H and O–H groups in total. The van der Waals surface area contributed by atoms with Crippen molar-refractivity contribution in [2.45, 2.75) is 32.7 Å². The predicted molar refractivity (Wildman–Crippen MR) is 68.1 cm³/mol. The van der Waals surface area contributed by atoms with E-state index in [9.17, 15) is 9.59 Å². The van der Waals surface area contributed by atoms with Crippen LogP contribution in [0.15, 0.2) is 0 Å². The lowest BCUT2D eigenvalue weighted by molar-refractivity contribution is -0.143. The van der Waals surface area contributed by atoms with Gasteiger partial charge in [-0.2, -0.15) is 0 Å². The van der Waals surface area contributed by atoms with Crippen molar-refractivity contribution in [3.05, 3.63) is 0 Å². The minimum atomic E-state index is -0.864. The van der Waals surface area contributed by atoms with E-state index < -0.39 is 17.9 Å². The Morgan fingerprint density at radius 1 is 1.44 bits per heavy atom. The van der Waals surface area contributed by atoms with Crippen molar-refractivity contribution in [1.82, 2.24) is 10.2 Å². The topological polar surface area (TPSA) is 95.7 Å². The zero-order chi connectivity index (χ0) is 13.7. The van der Waals surface area contributed by atoms with Gasteiger partial charge >= 0.3 is 12.0 Å². The van der Waals surface area contributed by atoms with Crippen LogP contribution < -0.4 is 11.1 Å². The molecule has 1 rings (SSSR count). The number of urea groups is 1. The van der Waals surface area contributed by atoms with E-state index in [0.717, 1.165) is 13.0 Å². The van der Waals surface area contributed by atoms with Crippen LogP contribution in [0.4, 0.5) is 4.79 Å². The number of carbonyl (C=O) groups is 2. The third-order valence-corrected chi connectivity index (χ3v) is 3.27. The summed E-state index contributed by atoms with van der Waals surface area (Å²) in [5.41, 5.74) is 5.23.